The van der Waals surface area contributed by atoms with Crippen molar-refractivity contribution in [2.24, 2.45) is 5.73 Å². The van der Waals surface area contributed by atoms with Gasteiger partial charge in [-0.3, -0.25) is 29.4 Å². The Morgan fingerprint density at radius 1 is 0.417 bits per heavy atom. The minimum absolute atomic E-state index is 0.362. The van der Waals surface area contributed by atoms with Crippen LogP contribution in [0, 0.1) is 0 Å². The monoisotopic (exact) mass is 1900 g/mol. The second-order valence-corrected chi connectivity index (χ2v) is 40.8. The number of piperazine rings is 3. The average molecular weight is 1910 g/mol. The Morgan fingerprint density at radius 3 is 1.05 bits per heavy atom. The quantitative estimate of drug-likeness (QED) is 0.0248. The molecule has 2 amide bonds. The van der Waals surface area contributed by atoms with E-state index in [0.717, 1.165) is 156 Å². The standard InChI is InChI=1S/C38H47ClN4O2.C33H39ClN4.C30H38BrClN4O2.C8H10BO2/c1-5-27-11-14-29(15-12-27)34-26-42(20-8-19-40-37(44)45-38(2,3)4)36-18-13-28(21-33(34)36)22-41-24-31-16-17-32(25-41)43(31)23-30-9-6-7-10-35(30)39;1-2-24-8-11-26(12-9-24)31-23-37(17-5-16-35)33-15-10-25(18-30(31)33)19-36-21-28-13-14-29(22-36)38(28)20-27-6-3-4-7-32(27)34;1-30(2,3)38-29(37)33-13-6-14-35-20-26(31)25-15-21(9-12-28(25)35)16-34-18-23-10-11-24(19-34)36(23)17-22-7-4-5-8-27(22)32;1-2-7-3-5-8(6-4-7)11-9-10/h6-7,9-15,18,21,26,31-32H,5,8,16-17,19-20,22-25H2,1-4H3,(H,40,44);3-4,6-12,15,18,23,28-29H,2,5,13-14,16-17,19-22,35H2,1H3;4-5,7-9,12,15,20,23-24H,6,10-11,13-14,16-19H2,1-3H3,(H,33,37);3-6,10H,2H2,1H3. The fourth-order valence-electron chi connectivity index (χ4n) is 20.4. The second-order valence-electron chi connectivity index (χ2n) is 38.8. The number of nitrogens with one attached hydrogen (secondary N) is 2. The number of nitrogens with two attached hydrogens (primary N) is 1. The van der Waals surface area contributed by atoms with Gasteiger partial charge in [0.05, 0.1) is 5.75 Å². The van der Waals surface area contributed by atoms with Gasteiger partial charge in [-0.25, -0.2) is 9.59 Å². The third-order valence-corrected chi connectivity index (χ3v) is 28.8. The summed E-state index contributed by atoms with van der Waals surface area (Å²) in [6, 6.07) is 75.0. The lowest BCUT2D eigenvalue weighted by atomic mass is 10.0. The Kier molecular flexibility index (Phi) is 33.7. The molecule has 1 radical (unpaired) electrons. The number of carbonyl (C=O) groups excluding carboxylic acids is 2. The van der Waals surface area contributed by atoms with E-state index in [1.807, 2.05) is 102 Å². The maximum Gasteiger partial charge on any atom is 0.569 e. The number of amides is 2. The van der Waals surface area contributed by atoms with Crippen molar-refractivity contribution in [3.05, 3.63) is 288 Å². The molecule has 697 valence electrons. The number of nitrogens with zero attached hydrogens (tertiary/aromatic N) is 9. The van der Waals surface area contributed by atoms with Crippen molar-refractivity contribution >= 4 is 103 Å². The highest BCUT2D eigenvalue weighted by Gasteiger charge is 2.43. The summed E-state index contributed by atoms with van der Waals surface area (Å²) in [4.78, 5) is 40.0. The molecule has 6 aliphatic heterocycles. The lowest BCUT2D eigenvalue weighted by molar-refractivity contribution is 0.0515. The molecule has 0 saturated carbocycles. The van der Waals surface area contributed by atoms with Gasteiger partial charge in [0.25, 0.3) is 0 Å². The summed E-state index contributed by atoms with van der Waals surface area (Å²) in [5.41, 5.74) is 25.6. The number of carbonyl (C=O) groups is 2. The smallest absolute Gasteiger partial charge is 0.537 e. The number of aromatic nitrogens is 3. The van der Waals surface area contributed by atoms with Crippen molar-refractivity contribution in [3.63, 3.8) is 0 Å². The summed E-state index contributed by atoms with van der Waals surface area (Å²) >= 11 is 23.3. The van der Waals surface area contributed by atoms with Gasteiger partial charge in [-0.05, 0) is 269 Å². The molecule has 6 fully saturated rings. The molecule has 18 rings (SSSR count). The van der Waals surface area contributed by atoms with E-state index in [1.165, 1.54) is 144 Å². The molecular weight excluding hydrogens is 1770 g/mol. The predicted octanol–water partition coefficient (Wildman–Crippen LogP) is 23.0. The molecular formula is C109H134BBrCl3N12O6. The molecule has 0 aliphatic carbocycles. The van der Waals surface area contributed by atoms with E-state index >= 15 is 0 Å². The number of hydrogen-bond donors (Lipinski definition) is 4. The molecule has 9 heterocycles. The third-order valence-electron chi connectivity index (χ3n) is 27.0. The van der Waals surface area contributed by atoms with Crippen molar-refractivity contribution in [3.8, 4) is 28.0 Å². The normalized spacial score (nSPS) is 18.8. The number of hydrogen-bond acceptors (Lipinski definition) is 13. The van der Waals surface area contributed by atoms with E-state index in [4.69, 9.17) is 59.7 Å². The van der Waals surface area contributed by atoms with Crippen molar-refractivity contribution in [1.82, 2.24) is 53.7 Å². The molecule has 9 aromatic carbocycles. The van der Waals surface area contributed by atoms with Crippen LogP contribution in [0.2, 0.25) is 15.1 Å². The van der Waals surface area contributed by atoms with E-state index in [1.54, 1.807) is 0 Å². The number of fused-ring (bicyclic) bond motifs is 9. The summed E-state index contributed by atoms with van der Waals surface area (Å²) in [5, 5.41) is 20.6. The highest BCUT2D eigenvalue weighted by Crippen LogP contribution is 2.41. The molecule has 6 bridgehead atoms. The molecule has 6 saturated heterocycles. The van der Waals surface area contributed by atoms with E-state index < -0.39 is 11.2 Å². The first-order valence-electron chi connectivity index (χ1n) is 48.0. The summed E-state index contributed by atoms with van der Waals surface area (Å²) in [5.74, 6) is 0.657. The van der Waals surface area contributed by atoms with Gasteiger partial charge in [0, 0.05) is 229 Å². The topological polar surface area (TPSA) is 166 Å². The molecule has 0 spiro atoms. The number of likely N-dealkylation sites (tertiary alicyclic amines) is 3. The van der Waals surface area contributed by atoms with Crippen molar-refractivity contribution in [1.29, 1.82) is 0 Å². The number of rotatable bonds is 30. The first-order valence-corrected chi connectivity index (χ1v) is 49.9. The number of ether oxygens (including phenoxy) is 2. The SMILES string of the molecule is CC(C)(C)OC(=O)NCCCn1cc(Br)c2cc(CN3CC4CCC(C3)N4Cc3ccccc3Cl)ccc21.CCc1ccc(-c2cn(CCCN)c3ccc(CN4CC5CCC(C4)N5Cc4ccccc4Cl)cc23)cc1.CCc1ccc(-c2cn(CCCNC(=O)OC(C)(C)C)c3ccc(CN4CC5CCC(C4)N5Cc4ccccc4Cl)cc23)cc1.CCc1ccc(O[B]O)cc1. The number of aryl methyl sites for hydroxylation is 6. The minimum Gasteiger partial charge on any atom is -0.537 e. The zero-order valence-electron chi connectivity index (χ0n) is 78.6. The van der Waals surface area contributed by atoms with Crippen LogP contribution in [0.3, 0.4) is 0 Å². The Hall–Kier alpha value is -8.97. The highest BCUT2D eigenvalue weighted by molar-refractivity contribution is 9.10. The van der Waals surface area contributed by atoms with E-state index in [2.05, 4.69) is 249 Å². The van der Waals surface area contributed by atoms with Gasteiger partial charge in [-0.15, -0.1) is 0 Å². The molecule has 6 unspecified atom stereocenters. The first kappa shape index (κ1) is 97.6. The lowest BCUT2D eigenvalue weighted by Gasteiger charge is -2.41. The molecule has 132 heavy (non-hydrogen) atoms. The van der Waals surface area contributed by atoms with E-state index in [9.17, 15) is 9.59 Å². The van der Waals surface area contributed by atoms with Crippen LogP contribution in [0.4, 0.5) is 9.59 Å². The Balaban J connectivity index is 0.000000143. The Labute approximate surface area is 806 Å². The average Bonchev–Trinajstić information content (AvgIpc) is 1.62. The van der Waals surface area contributed by atoms with Crippen LogP contribution in [0.1, 0.15) is 170 Å². The van der Waals surface area contributed by atoms with Crippen LogP contribution in [0.15, 0.2) is 223 Å². The molecule has 6 atom stereocenters. The van der Waals surface area contributed by atoms with Crippen LogP contribution < -0.4 is 21.0 Å². The maximum absolute atomic E-state index is 12.1. The van der Waals surface area contributed by atoms with Crippen molar-refractivity contribution in [2.75, 3.05) is 58.9 Å². The van der Waals surface area contributed by atoms with Gasteiger partial charge in [0.2, 0.25) is 0 Å². The molecule has 6 aliphatic rings. The van der Waals surface area contributed by atoms with Crippen LogP contribution in [0.25, 0.3) is 55.0 Å². The predicted molar refractivity (Wildman–Crippen MR) is 546 cm³/mol. The minimum atomic E-state index is -0.496. The number of alkyl carbamates (subject to hydrolysis) is 2. The van der Waals surface area contributed by atoms with Crippen molar-refractivity contribution < 1.29 is 28.7 Å². The molecule has 3 aromatic heterocycles. The summed E-state index contributed by atoms with van der Waals surface area (Å²) in [7, 11) is 0.682. The summed E-state index contributed by atoms with van der Waals surface area (Å²) in [6.07, 6.45) is 19.4. The van der Waals surface area contributed by atoms with Gasteiger partial charge in [-0.1, -0.05) is 189 Å². The zero-order chi connectivity index (χ0) is 92.6. The fourth-order valence-corrected chi connectivity index (χ4v) is 21.6. The highest BCUT2D eigenvalue weighted by atomic mass is 79.9. The van der Waals surface area contributed by atoms with Gasteiger partial charge in [0.15, 0.2) is 0 Å². The lowest BCUT2D eigenvalue weighted by Crippen LogP contribution is -2.52. The maximum atomic E-state index is 12.1. The van der Waals surface area contributed by atoms with E-state index in [0.29, 0.717) is 69.3 Å². The van der Waals surface area contributed by atoms with Gasteiger partial charge >= 0.3 is 19.9 Å². The van der Waals surface area contributed by atoms with Crippen LogP contribution in [-0.4, -0.2) is 174 Å². The van der Waals surface area contributed by atoms with Crippen LogP contribution in [-0.2, 0) is 87.6 Å². The molecule has 5 N–H and O–H groups in total. The molecule has 23 heteroatoms. The Morgan fingerprint density at radius 2 is 0.727 bits per heavy atom. The second kappa shape index (κ2) is 45.6. The molecule has 18 nitrogen and oxygen atoms in total. The Bertz CT molecular complexity index is 5770. The summed E-state index contributed by atoms with van der Waals surface area (Å²) in [6.45, 7) is 34.7. The van der Waals surface area contributed by atoms with E-state index in [-0.39, 0.29) is 12.2 Å². The zero-order valence-corrected chi connectivity index (χ0v) is 82.5. The number of halogens is 4. The van der Waals surface area contributed by atoms with Gasteiger partial charge in [0.1, 0.15) is 11.2 Å². The van der Waals surface area contributed by atoms with Crippen molar-refractivity contribution in [2.45, 2.75) is 246 Å². The fraction of sp³-hybridized carbons (Fsp3) is 0.431. The van der Waals surface area contributed by atoms with Gasteiger partial charge < -0.3 is 49.2 Å². The first-order chi connectivity index (χ1) is 63.8. The van der Waals surface area contributed by atoms with Crippen LogP contribution in [0.5, 0.6) is 5.75 Å². The van der Waals surface area contributed by atoms with Gasteiger partial charge in [-0.2, -0.15) is 0 Å². The third kappa shape index (κ3) is 25.6. The largest absolute Gasteiger partial charge is 0.569 e. The molecule has 12 aromatic rings. The number of benzene rings is 9. The van der Waals surface area contributed by atoms with Crippen LogP contribution >= 0.6 is 50.7 Å². The summed E-state index contributed by atoms with van der Waals surface area (Å²) < 4.78 is 23.6.